The lowest BCUT2D eigenvalue weighted by Gasteiger charge is -2.10. The zero-order valence-corrected chi connectivity index (χ0v) is 15.8. The highest BCUT2D eigenvalue weighted by Crippen LogP contribution is 2.25. The quantitative estimate of drug-likeness (QED) is 0.619. The van der Waals surface area contributed by atoms with Gasteiger partial charge in [0.15, 0.2) is 10.8 Å². The Morgan fingerprint density at radius 3 is 2.81 bits per heavy atom. The molecule has 9 heteroatoms. The van der Waals surface area contributed by atoms with Crippen LogP contribution in [0.15, 0.2) is 52.9 Å². The summed E-state index contributed by atoms with van der Waals surface area (Å²) in [6, 6.07) is 11.5. The predicted octanol–water partition coefficient (Wildman–Crippen LogP) is 3.76. The molecule has 0 atom stereocenters. The number of aromatic nitrogens is 3. The third kappa shape index (κ3) is 3.42. The minimum Gasteiger partial charge on any atom is -0.275 e. The summed E-state index contributed by atoms with van der Waals surface area (Å²) in [5, 5.41) is 15.5. The van der Waals surface area contributed by atoms with Crippen LogP contribution in [0, 0.1) is 0 Å². The van der Waals surface area contributed by atoms with Crippen LogP contribution in [-0.4, -0.2) is 43.5 Å². The van der Waals surface area contributed by atoms with Crippen LogP contribution in [-0.2, 0) is 4.79 Å². The van der Waals surface area contributed by atoms with Crippen molar-refractivity contribution in [2.24, 2.45) is 5.10 Å². The number of nitrogens with zero attached hydrogens (tertiary/aromatic N) is 5. The van der Waals surface area contributed by atoms with Gasteiger partial charge in [-0.1, -0.05) is 65.3 Å². The van der Waals surface area contributed by atoms with Gasteiger partial charge in [0, 0.05) is 12.6 Å². The maximum atomic E-state index is 12.5. The lowest BCUT2D eigenvalue weighted by molar-refractivity contribution is -0.127. The number of hydrogen-bond donors (Lipinski definition) is 0. The van der Waals surface area contributed by atoms with Gasteiger partial charge in [-0.25, -0.2) is 5.01 Å². The van der Waals surface area contributed by atoms with Gasteiger partial charge in [0.05, 0.1) is 28.1 Å². The summed E-state index contributed by atoms with van der Waals surface area (Å²) in [5.41, 5.74) is 2.48. The lowest BCUT2D eigenvalue weighted by atomic mass is 10.1. The first kappa shape index (κ1) is 17.3. The third-order valence-corrected chi connectivity index (χ3v) is 5.33. The van der Waals surface area contributed by atoms with Crippen LogP contribution in [0.1, 0.15) is 12.0 Å². The fraction of sp³-hybridized carbons (Fsp3) is 0.176. The summed E-state index contributed by atoms with van der Waals surface area (Å²) in [7, 11) is 0. The van der Waals surface area contributed by atoms with Crippen LogP contribution >= 0.6 is 35.0 Å². The van der Waals surface area contributed by atoms with Crippen LogP contribution in [0.3, 0.4) is 0 Å². The number of fused-ring (bicyclic) bond motifs is 1. The van der Waals surface area contributed by atoms with Gasteiger partial charge in [0.25, 0.3) is 5.91 Å². The van der Waals surface area contributed by atoms with E-state index in [1.54, 1.807) is 16.7 Å². The Kier molecular flexibility index (Phi) is 4.84. The van der Waals surface area contributed by atoms with E-state index in [4.69, 9.17) is 23.2 Å². The third-order valence-electron chi connectivity index (χ3n) is 3.92. The molecular weight excluding hydrogens is 393 g/mol. The van der Waals surface area contributed by atoms with Gasteiger partial charge in [0.1, 0.15) is 0 Å². The Morgan fingerprint density at radius 1 is 1.19 bits per heavy atom. The summed E-state index contributed by atoms with van der Waals surface area (Å²) in [5.74, 6) is 0.127. The highest BCUT2D eigenvalue weighted by molar-refractivity contribution is 7.99. The Morgan fingerprint density at radius 2 is 2.00 bits per heavy atom. The zero-order valence-electron chi connectivity index (χ0n) is 13.5. The molecule has 0 unspecified atom stereocenters. The monoisotopic (exact) mass is 405 g/mol. The number of carbonyl (C=O) groups is 1. The van der Waals surface area contributed by atoms with E-state index in [0.29, 0.717) is 27.4 Å². The Hall–Kier alpha value is -2.09. The second kappa shape index (κ2) is 7.26. The molecule has 0 saturated carbocycles. The molecule has 4 rings (SSSR count). The number of halogens is 2. The van der Waals surface area contributed by atoms with E-state index in [1.807, 2.05) is 30.3 Å². The van der Waals surface area contributed by atoms with Crippen molar-refractivity contribution in [3.05, 3.63) is 58.2 Å². The Labute approximate surface area is 163 Å². The summed E-state index contributed by atoms with van der Waals surface area (Å²) >= 11 is 13.4. The number of carbonyl (C=O) groups excluding carboxylic acids is 1. The molecular formula is C17H13Cl2N5OS. The van der Waals surface area contributed by atoms with E-state index in [2.05, 4.69) is 15.3 Å². The number of benzene rings is 1. The van der Waals surface area contributed by atoms with Gasteiger partial charge in [-0.15, -0.1) is 10.2 Å². The smallest absolute Gasteiger partial charge is 0.253 e. The molecule has 0 N–H and O–H groups in total. The fourth-order valence-electron chi connectivity index (χ4n) is 2.67. The highest BCUT2D eigenvalue weighted by Gasteiger charge is 2.22. The van der Waals surface area contributed by atoms with Crippen LogP contribution in [0.2, 0.25) is 10.0 Å². The van der Waals surface area contributed by atoms with Crippen molar-refractivity contribution in [3.63, 3.8) is 0 Å². The van der Waals surface area contributed by atoms with Crippen molar-refractivity contribution in [1.29, 1.82) is 0 Å². The summed E-state index contributed by atoms with van der Waals surface area (Å²) < 4.78 is 1.69. The van der Waals surface area contributed by atoms with E-state index in [0.717, 1.165) is 17.7 Å². The van der Waals surface area contributed by atoms with Gasteiger partial charge >= 0.3 is 0 Å². The molecule has 1 aromatic carbocycles. The average Bonchev–Trinajstić information content (AvgIpc) is 3.28. The highest BCUT2D eigenvalue weighted by atomic mass is 35.5. The maximum Gasteiger partial charge on any atom is 0.253 e. The molecule has 3 heterocycles. The molecule has 0 saturated heterocycles. The molecule has 2 aromatic heterocycles. The molecule has 1 aliphatic heterocycles. The van der Waals surface area contributed by atoms with Gasteiger partial charge in [-0.05, 0) is 11.6 Å². The topological polar surface area (TPSA) is 62.9 Å². The SMILES string of the molecule is O=C(CSc1nnc2c(Cl)cc(Cl)cn12)N1CCC(c2ccccc2)=N1. The second-order valence-electron chi connectivity index (χ2n) is 5.65. The summed E-state index contributed by atoms with van der Waals surface area (Å²) in [6.07, 6.45) is 2.43. The molecule has 0 spiro atoms. The normalized spacial score (nSPS) is 14.1. The largest absolute Gasteiger partial charge is 0.275 e. The average molecular weight is 406 g/mol. The van der Waals surface area contributed by atoms with Crippen LogP contribution in [0.5, 0.6) is 0 Å². The van der Waals surface area contributed by atoms with Crippen LogP contribution < -0.4 is 0 Å². The fourth-order valence-corrected chi connectivity index (χ4v) is 3.96. The first-order valence-electron chi connectivity index (χ1n) is 7.87. The van der Waals surface area contributed by atoms with E-state index >= 15 is 0 Å². The Balaban J connectivity index is 1.46. The molecule has 6 nitrogen and oxygen atoms in total. The molecule has 0 fully saturated rings. The lowest BCUT2D eigenvalue weighted by Crippen LogP contribution is -2.25. The van der Waals surface area contributed by atoms with Crippen LogP contribution in [0.25, 0.3) is 5.65 Å². The molecule has 0 bridgehead atoms. The van der Waals surface area contributed by atoms with Gasteiger partial charge in [0.2, 0.25) is 0 Å². The Bertz CT molecular complexity index is 1010. The molecule has 1 amide bonds. The summed E-state index contributed by atoms with van der Waals surface area (Å²) in [4.78, 5) is 12.5. The molecule has 0 aliphatic carbocycles. The van der Waals surface area contributed by atoms with E-state index in [-0.39, 0.29) is 11.7 Å². The van der Waals surface area contributed by atoms with Crippen molar-refractivity contribution in [3.8, 4) is 0 Å². The minimum absolute atomic E-state index is 0.0780. The number of rotatable bonds is 4. The first-order valence-corrected chi connectivity index (χ1v) is 9.62. The molecule has 1 aliphatic rings. The number of amides is 1. The number of hydrogen-bond acceptors (Lipinski definition) is 5. The zero-order chi connectivity index (χ0) is 18.1. The number of thioether (sulfide) groups is 1. The molecule has 3 aromatic rings. The standard InChI is InChI=1S/C17H13Cl2N5OS/c18-12-8-13(19)16-20-21-17(23(16)9-12)26-10-15(25)24-7-6-14(22-24)11-4-2-1-3-5-11/h1-5,8-9H,6-7,10H2. The van der Waals surface area contributed by atoms with Crippen molar-refractivity contribution in [2.45, 2.75) is 11.6 Å². The van der Waals surface area contributed by atoms with Crippen LogP contribution in [0.4, 0.5) is 0 Å². The van der Waals surface area contributed by atoms with Crippen molar-refractivity contribution in [1.82, 2.24) is 19.6 Å². The second-order valence-corrected chi connectivity index (χ2v) is 7.44. The number of hydrazone groups is 1. The van der Waals surface area contributed by atoms with Gasteiger partial charge in [-0.2, -0.15) is 5.10 Å². The van der Waals surface area contributed by atoms with E-state index in [9.17, 15) is 4.79 Å². The van der Waals surface area contributed by atoms with Crippen molar-refractivity contribution >= 4 is 52.2 Å². The molecule has 26 heavy (non-hydrogen) atoms. The number of pyridine rings is 1. The predicted molar refractivity (Wildman–Crippen MR) is 103 cm³/mol. The van der Waals surface area contributed by atoms with E-state index < -0.39 is 0 Å². The van der Waals surface area contributed by atoms with E-state index in [1.165, 1.54) is 16.8 Å². The van der Waals surface area contributed by atoms with Crippen molar-refractivity contribution in [2.75, 3.05) is 12.3 Å². The minimum atomic E-state index is -0.0780. The van der Waals surface area contributed by atoms with Crippen molar-refractivity contribution < 1.29 is 4.79 Å². The molecule has 0 radical (unpaired) electrons. The molecule has 132 valence electrons. The first-order chi connectivity index (χ1) is 12.6. The van der Waals surface area contributed by atoms with Gasteiger partial charge < -0.3 is 0 Å². The summed E-state index contributed by atoms with van der Waals surface area (Å²) in [6.45, 7) is 0.585. The van der Waals surface area contributed by atoms with Gasteiger partial charge in [-0.3, -0.25) is 9.20 Å². The maximum absolute atomic E-state index is 12.5.